The molecule has 0 bridgehead atoms. The predicted octanol–water partition coefficient (Wildman–Crippen LogP) is 4.09. The van der Waals surface area contributed by atoms with Crippen molar-refractivity contribution in [3.8, 4) is 0 Å². The molecule has 0 saturated heterocycles. The van der Waals surface area contributed by atoms with Crippen molar-refractivity contribution < 1.29 is 4.79 Å². The maximum absolute atomic E-state index is 12.2. The van der Waals surface area contributed by atoms with Gasteiger partial charge in [-0.1, -0.05) is 48.5 Å². The highest BCUT2D eigenvalue weighted by molar-refractivity contribution is 6.17. The van der Waals surface area contributed by atoms with Crippen molar-refractivity contribution in [2.75, 3.05) is 5.88 Å². The number of benzene rings is 2. The average molecular weight is 259 g/mol. The summed E-state index contributed by atoms with van der Waals surface area (Å²) in [5.74, 6) is 0.722. The summed E-state index contributed by atoms with van der Waals surface area (Å²) in [6.45, 7) is 0. The van der Waals surface area contributed by atoms with E-state index in [1.54, 1.807) is 0 Å². The predicted molar refractivity (Wildman–Crippen MR) is 75.4 cm³/mol. The Hall–Kier alpha value is -1.60. The van der Waals surface area contributed by atoms with Crippen molar-refractivity contribution in [3.63, 3.8) is 0 Å². The molecule has 0 heterocycles. The van der Waals surface area contributed by atoms with E-state index >= 15 is 0 Å². The molecule has 92 valence electrons. The third kappa shape index (κ3) is 3.21. The van der Waals surface area contributed by atoms with Crippen LogP contribution in [0.15, 0.2) is 54.6 Å². The molecule has 18 heavy (non-hydrogen) atoms. The van der Waals surface area contributed by atoms with Gasteiger partial charge in [0.25, 0.3) is 0 Å². The fraction of sp³-hybridized carbons (Fsp3) is 0.188. The second-order valence-corrected chi connectivity index (χ2v) is 4.57. The summed E-state index contributed by atoms with van der Waals surface area (Å²) in [7, 11) is 0. The SMILES string of the molecule is O=C(c1ccccc1)c1cccc(CCCCl)c1. The zero-order chi connectivity index (χ0) is 12.8. The average Bonchev–Trinajstić information content (AvgIpc) is 2.45. The lowest BCUT2D eigenvalue weighted by atomic mass is 10.00. The van der Waals surface area contributed by atoms with Crippen LogP contribution in [0.3, 0.4) is 0 Å². The number of hydrogen-bond acceptors (Lipinski definition) is 1. The van der Waals surface area contributed by atoms with Gasteiger partial charge in [-0.25, -0.2) is 0 Å². The number of carbonyl (C=O) groups is 1. The summed E-state index contributed by atoms with van der Waals surface area (Å²) in [5, 5.41) is 0. The normalized spacial score (nSPS) is 10.3. The van der Waals surface area contributed by atoms with Gasteiger partial charge in [0.1, 0.15) is 0 Å². The van der Waals surface area contributed by atoms with Gasteiger partial charge in [-0.2, -0.15) is 0 Å². The largest absolute Gasteiger partial charge is 0.289 e. The topological polar surface area (TPSA) is 17.1 Å². The first-order chi connectivity index (χ1) is 8.81. The Balaban J connectivity index is 2.20. The van der Waals surface area contributed by atoms with Crippen LogP contribution in [0.4, 0.5) is 0 Å². The number of hydrogen-bond donors (Lipinski definition) is 0. The van der Waals surface area contributed by atoms with Gasteiger partial charge in [-0.05, 0) is 24.5 Å². The second kappa shape index (κ2) is 6.36. The van der Waals surface area contributed by atoms with Crippen molar-refractivity contribution in [2.24, 2.45) is 0 Å². The van der Waals surface area contributed by atoms with E-state index < -0.39 is 0 Å². The van der Waals surface area contributed by atoms with E-state index in [0.717, 1.165) is 29.5 Å². The highest BCUT2D eigenvalue weighted by Gasteiger charge is 2.08. The molecule has 2 aromatic carbocycles. The van der Waals surface area contributed by atoms with E-state index in [1.165, 1.54) is 0 Å². The standard InChI is InChI=1S/C16H15ClO/c17-11-5-7-13-6-4-10-15(12-13)16(18)14-8-2-1-3-9-14/h1-4,6,8-10,12H,5,7,11H2. The lowest BCUT2D eigenvalue weighted by molar-refractivity contribution is 0.103. The molecule has 0 spiro atoms. The number of rotatable bonds is 5. The summed E-state index contributed by atoms with van der Waals surface area (Å²) in [6.07, 6.45) is 1.85. The minimum Gasteiger partial charge on any atom is -0.289 e. The molecule has 2 aromatic rings. The third-order valence-electron chi connectivity index (χ3n) is 2.82. The molecular weight excluding hydrogens is 244 g/mol. The molecule has 0 aromatic heterocycles. The van der Waals surface area contributed by atoms with Crippen LogP contribution in [0.25, 0.3) is 0 Å². The number of ketones is 1. The van der Waals surface area contributed by atoms with Crippen LogP contribution in [-0.2, 0) is 6.42 Å². The Morgan fingerprint density at radius 1 is 0.944 bits per heavy atom. The molecule has 0 radical (unpaired) electrons. The smallest absolute Gasteiger partial charge is 0.193 e. The fourth-order valence-electron chi connectivity index (χ4n) is 1.90. The van der Waals surface area contributed by atoms with Crippen LogP contribution in [0.1, 0.15) is 27.9 Å². The number of halogens is 1. The van der Waals surface area contributed by atoms with Crippen LogP contribution < -0.4 is 0 Å². The number of carbonyl (C=O) groups excluding carboxylic acids is 1. The highest BCUT2D eigenvalue weighted by Crippen LogP contribution is 2.13. The molecule has 2 heteroatoms. The lowest BCUT2D eigenvalue weighted by Gasteiger charge is -2.04. The van der Waals surface area contributed by atoms with Crippen molar-refractivity contribution in [3.05, 3.63) is 71.3 Å². The lowest BCUT2D eigenvalue weighted by Crippen LogP contribution is -2.01. The summed E-state index contributed by atoms with van der Waals surface area (Å²) in [4.78, 5) is 12.2. The van der Waals surface area contributed by atoms with E-state index in [4.69, 9.17) is 11.6 Å². The first kappa shape index (κ1) is 12.8. The molecule has 0 aliphatic rings. The van der Waals surface area contributed by atoms with Gasteiger partial charge in [0.2, 0.25) is 0 Å². The van der Waals surface area contributed by atoms with Gasteiger partial charge >= 0.3 is 0 Å². The molecule has 0 saturated carbocycles. The molecule has 0 fully saturated rings. The quantitative estimate of drug-likeness (QED) is 0.583. The Kier molecular flexibility index (Phi) is 4.54. The Labute approximate surface area is 112 Å². The van der Waals surface area contributed by atoms with Crippen molar-refractivity contribution in [1.82, 2.24) is 0 Å². The number of alkyl halides is 1. The molecule has 0 aliphatic heterocycles. The summed E-state index contributed by atoms with van der Waals surface area (Å²) in [6, 6.07) is 17.1. The maximum atomic E-state index is 12.2. The highest BCUT2D eigenvalue weighted by atomic mass is 35.5. The summed E-state index contributed by atoms with van der Waals surface area (Å²) < 4.78 is 0. The van der Waals surface area contributed by atoms with E-state index in [-0.39, 0.29) is 5.78 Å². The van der Waals surface area contributed by atoms with Crippen LogP contribution in [0.2, 0.25) is 0 Å². The van der Waals surface area contributed by atoms with E-state index in [2.05, 4.69) is 0 Å². The van der Waals surface area contributed by atoms with Crippen molar-refractivity contribution >= 4 is 17.4 Å². The monoisotopic (exact) mass is 258 g/mol. The van der Waals surface area contributed by atoms with Crippen molar-refractivity contribution in [1.29, 1.82) is 0 Å². The molecule has 0 unspecified atom stereocenters. The summed E-state index contributed by atoms with van der Waals surface area (Å²) in [5.41, 5.74) is 2.64. The Morgan fingerprint density at radius 3 is 2.39 bits per heavy atom. The van der Waals surface area contributed by atoms with Gasteiger partial charge in [-0.3, -0.25) is 4.79 Å². The zero-order valence-corrected chi connectivity index (χ0v) is 10.9. The van der Waals surface area contributed by atoms with Crippen LogP contribution in [0.5, 0.6) is 0 Å². The zero-order valence-electron chi connectivity index (χ0n) is 10.1. The molecule has 0 atom stereocenters. The Bertz CT molecular complexity index is 520. The molecule has 2 rings (SSSR count). The minimum atomic E-state index is 0.0725. The maximum Gasteiger partial charge on any atom is 0.193 e. The van der Waals surface area contributed by atoms with Gasteiger partial charge in [0, 0.05) is 17.0 Å². The Morgan fingerprint density at radius 2 is 1.67 bits per heavy atom. The van der Waals surface area contributed by atoms with Crippen LogP contribution in [0, 0.1) is 0 Å². The van der Waals surface area contributed by atoms with E-state index in [0.29, 0.717) is 5.88 Å². The van der Waals surface area contributed by atoms with Gasteiger partial charge in [0.15, 0.2) is 5.78 Å². The number of aryl methyl sites for hydroxylation is 1. The first-order valence-corrected chi connectivity index (χ1v) is 6.59. The van der Waals surface area contributed by atoms with Crippen LogP contribution >= 0.6 is 11.6 Å². The van der Waals surface area contributed by atoms with Gasteiger partial charge in [0.05, 0.1) is 0 Å². The second-order valence-electron chi connectivity index (χ2n) is 4.19. The van der Waals surface area contributed by atoms with Crippen molar-refractivity contribution in [2.45, 2.75) is 12.8 Å². The summed E-state index contributed by atoms with van der Waals surface area (Å²) >= 11 is 5.68. The molecule has 0 N–H and O–H groups in total. The van der Waals surface area contributed by atoms with Crippen LogP contribution in [-0.4, -0.2) is 11.7 Å². The first-order valence-electron chi connectivity index (χ1n) is 6.06. The van der Waals surface area contributed by atoms with E-state index in [9.17, 15) is 4.79 Å². The van der Waals surface area contributed by atoms with Gasteiger partial charge < -0.3 is 0 Å². The van der Waals surface area contributed by atoms with Gasteiger partial charge in [-0.15, -0.1) is 11.6 Å². The molecule has 1 nitrogen and oxygen atoms in total. The molecule has 0 amide bonds. The molecular formula is C16H15ClO. The minimum absolute atomic E-state index is 0.0725. The van der Waals surface area contributed by atoms with E-state index in [1.807, 2.05) is 54.6 Å². The third-order valence-corrected chi connectivity index (χ3v) is 3.09. The molecule has 0 aliphatic carbocycles. The fourth-order valence-corrected chi connectivity index (χ4v) is 2.03.